The highest BCUT2D eigenvalue weighted by Crippen LogP contribution is 2.48. The van der Waals surface area contributed by atoms with Crippen LogP contribution in [0, 0.1) is 47.3 Å². The van der Waals surface area contributed by atoms with E-state index in [1.807, 2.05) is 0 Å². The zero-order valence-electron chi connectivity index (χ0n) is 35.1. The first-order valence-corrected chi connectivity index (χ1v) is 24.0. The lowest BCUT2D eigenvalue weighted by molar-refractivity contribution is 0.0216. The largest absolute Gasteiger partial charge is 0.311 e. The van der Waals surface area contributed by atoms with Crippen LogP contribution in [-0.4, -0.2) is 24.2 Å². The maximum Gasteiger partial charge on any atom is 0.0101 e. The Hall–Kier alpha value is -0.0800. The molecule has 4 rings (SSSR count). The highest BCUT2D eigenvalue weighted by molar-refractivity contribution is 5.01. The van der Waals surface area contributed by atoms with Gasteiger partial charge in [0.1, 0.15) is 0 Å². The van der Waals surface area contributed by atoms with E-state index in [2.05, 4.69) is 52.2 Å². The molecule has 2 nitrogen and oxygen atoms in total. The second-order valence-electron chi connectivity index (χ2n) is 19.3. The van der Waals surface area contributed by atoms with Crippen LogP contribution in [0.5, 0.6) is 0 Å². The van der Waals surface area contributed by atoms with E-state index in [-0.39, 0.29) is 0 Å². The Morgan fingerprint density at radius 1 is 0.420 bits per heavy atom. The minimum atomic E-state index is 0.771. The number of hydrogen-bond acceptors (Lipinski definition) is 2. The summed E-state index contributed by atoms with van der Waals surface area (Å²) in [4.78, 5) is 0. The van der Waals surface area contributed by atoms with Crippen molar-refractivity contribution in [1.82, 2.24) is 10.6 Å². The normalized spacial score (nSPS) is 34.2. The molecule has 294 valence electrons. The molecular weight excluding hydrogens is 605 g/mol. The van der Waals surface area contributed by atoms with Crippen molar-refractivity contribution in [3.05, 3.63) is 0 Å². The summed E-state index contributed by atoms with van der Waals surface area (Å²) in [6, 6.07) is 3.18. The van der Waals surface area contributed by atoms with Gasteiger partial charge in [0, 0.05) is 24.2 Å². The lowest BCUT2D eigenvalue weighted by Crippen LogP contribution is -2.58. The maximum absolute atomic E-state index is 4.45. The third-order valence-corrected chi connectivity index (χ3v) is 15.2. The van der Waals surface area contributed by atoms with Crippen LogP contribution in [0.2, 0.25) is 0 Å². The van der Waals surface area contributed by atoms with Gasteiger partial charge in [0.25, 0.3) is 0 Å². The quantitative estimate of drug-likeness (QED) is 0.0929. The topological polar surface area (TPSA) is 24.1 Å². The standard InChI is InChI=1S/C48H92N2/c1-7-11-15-17-27-39-41-29-19-21-31-45(41)49-47(43(39)35-37(5)25-13-9-3)33-23-24-34-48-44(36-38(6)26-14-10-4)40(28-18-16-12-8-2)42-30-20-22-32-46(42)50-48/h37-50H,7-36H2,1-6H3. The summed E-state index contributed by atoms with van der Waals surface area (Å²) in [5, 5.41) is 8.91. The fourth-order valence-electron chi connectivity index (χ4n) is 12.5. The Morgan fingerprint density at radius 2 is 0.800 bits per heavy atom. The number of hydrogen-bond donors (Lipinski definition) is 2. The summed E-state index contributed by atoms with van der Waals surface area (Å²) in [6.45, 7) is 14.8. The summed E-state index contributed by atoms with van der Waals surface area (Å²) >= 11 is 0. The van der Waals surface area contributed by atoms with E-state index >= 15 is 0 Å². The number of piperidine rings is 2. The van der Waals surface area contributed by atoms with Crippen molar-refractivity contribution in [2.24, 2.45) is 47.3 Å². The molecule has 2 aliphatic heterocycles. The van der Waals surface area contributed by atoms with Crippen LogP contribution in [0.15, 0.2) is 0 Å². The third kappa shape index (κ3) is 13.3. The van der Waals surface area contributed by atoms with Gasteiger partial charge < -0.3 is 10.6 Å². The number of nitrogens with one attached hydrogen (secondary N) is 2. The molecule has 12 atom stereocenters. The van der Waals surface area contributed by atoms with Crippen molar-refractivity contribution in [2.75, 3.05) is 0 Å². The van der Waals surface area contributed by atoms with Gasteiger partial charge in [-0.1, -0.05) is 170 Å². The Labute approximate surface area is 315 Å². The fraction of sp³-hybridized carbons (Fsp3) is 1.00. The Morgan fingerprint density at radius 3 is 1.20 bits per heavy atom. The molecule has 0 spiro atoms. The molecule has 4 aliphatic rings. The zero-order chi connectivity index (χ0) is 35.6. The predicted octanol–water partition coefficient (Wildman–Crippen LogP) is 14.4. The summed E-state index contributed by atoms with van der Waals surface area (Å²) in [5.41, 5.74) is 0. The average Bonchev–Trinajstić information content (AvgIpc) is 3.13. The predicted molar refractivity (Wildman–Crippen MR) is 222 cm³/mol. The van der Waals surface area contributed by atoms with E-state index in [0.29, 0.717) is 0 Å². The van der Waals surface area contributed by atoms with E-state index in [9.17, 15) is 0 Å². The van der Waals surface area contributed by atoms with Gasteiger partial charge in [0.15, 0.2) is 0 Å². The monoisotopic (exact) mass is 697 g/mol. The SMILES string of the molecule is CCCCCCC1C2CCCCC2NC(CCCCC2NC3CCCCC3C(CCCCCC)C2CC(C)CCCC)C1CC(C)CCCC. The minimum Gasteiger partial charge on any atom is -0.311 e. The first kappa shape index (κ1) is 42.7. The lowest BCUT2D eigenvalue weighted by atomic mass is 9.61. The van der Waals surface area contributed by atoms with Crippen LogP contribution >= 0.6 is 0 Å². The maximum atomic E-state index is 4.45. The number of fused-ring (bicyclic) bond motifs is 2. The molecule has 2 N–H and O–H groups in total. The van der Waals surface area contributed by atoms with Gasteiger partial charge in [-0.2, -0.15) is 0 Å². The fourth-order valence-corrected chi connectivity index (χ4v) is 12.5. The molecule has 2 heteroatoms. The molecule has 0 aromatic carbocycles. The third-order valence-electron chi connectivity index (χ3n) is 15.2. The molecule has 4 fully saturated rings. The summed E-state index contributed by atoms with van der Waals surface area (Å²) in [5.74, 6) is 7.51. The molecule has 2 saturated heterocycles. The molecule has 0 aromatic rings. The molecular formula is C48H92N2. The second-order valence-corrected chi connectivity index (χ2v) is 19.3. The molecule has 2 heterocycles. The van der Waals surface area contributed by atoms with Crippen molar-refractivity contribution >= 4 is 0 Å². The Bertz CT molecular complexity index is 772. The van der Waals surface area contributed by atoms with Crippen LogP contribution < -0.4 is 10.6 Å². The second kappa shape index (κ2) is 24.4. The Kier molecular flexibility index (Phi) is 20.8. The van der Waals surface area contributed by atoms with Crippen LogP contribution in [0.1, 0.15) is 234 Å². The van der Waals surface area contributed by atoms with E-state index in [0.717, 1.165) is 71.5 Å². The number of rotatable bonds is 25. The van der Waals surface area contributed by atoms with Gasteiger partial charge in [-0.3, -0.25) is 0 Å². The summed E-state index contributed by atoms with van der Waals surface area (Å²) in [6.07, 6.45) is 43.6. The van der Waals surface area contributed by atoms with Gasteiger partial charge in [-0.15, -0.1) is 0 Å². The van der Waals surface area contributed by atoms with Gasteiger partial charge >= 0.3 is 0 Å². The van der Waals surface area contributed by atoms with E-state index < -0.39 is 0 Å². The lowest BCUT2D eigenvalue weighted by Gasteiger charge is -2.52. The van der Waals surface area contributed by atoms with Crippen molar-refractivity contribution < 1.29 is 0 Å². The molecule has 12 unspecified atom stereocenters. The van der Waals surface area contributed by atoms with Crippen LogP contribution in [0.3, 0.4) is 0 Å². The molecule has 2 aliphatic carbocycles. The van der Waals surface area contributed by atoms with Gasteiger partial charge in [0.2, 0.25) is 0 Å². The first-order valence-electron chi connectivity index (χ1n) is 24.0. The average molecular weight is 697 g/mol. The van der Waals surface area contributed by atoms with E-state index in [1.165, 1.54) is 193 Å². The molecule has 0 bridgehead atoms. The molecule has 0 aromatic heterocycles. The molecule has 50 heavy (non-hydrogen) atoms. The van der Waals surface area contributed by atoms with Crippen molar-refractivity contribution in [3.63, 3.8) is 0 Å². The molecule has 2 saturated carbocycles. The van der Waals surface area contributed by atoms with Crippen molar-refractivity contribution in [1.29, 1.82) is 0 Å². The number of unbranched alkanes of at least 4 members (excludes halogenated alkanes) is 9. The first-order chi connectivity index (χ1) is 24.5. The van der Waals surface area contributed by atoms with Crippen molar-refractivity contribution in [3.8, 4) is 0 Å². The van der Waals surface area contributed by atoms with Crippen LogP contribution in [0.4, 0.5) is 0 Å². The van der Waals surface area contributed by atoms with E-state index in [4.69, 9.17) is 0 Å². The molecule has 0 radical (unpaired) electrons. The van der Waals surface area contributed by atoms with Gasteiger partial charge in [-0.25, -0.2) is 0 Å². The summed E-state index contributed by atoms with van der Waals surface area (Å²) < 4.78 is 0. The van der Waals surface area contributed by atoms with Crippen molar-refractivity contribution in [2.45, 2.75) is 258 Å². The van der Waals surface area contributed by atoms with Crippen LogP contribution in [0.25, 0.3) is 0 Å². The smallest absolute Gasteiger partial charge is 0.0101 e. The highest BCUT2D eigenvalue weighted by atomic mass is 15.0. The van der Waals surface area contributed by atoms with E-state index in [1.54, 1.807) is 0 Å². The Balaban J connectivity index is 1.44. The highest BCUT2D eigenvalue weighted by Gasteiger charge is 2.46. The molecule has 0 amide bonds. The van der Waals surface area contributed by atoms with Crippen LogP contribution in [-0.2, 0) is 0 Å². The van der Waals surface area contributed by atoms with Gasteiger partial charge in [-0.05, 0) is 112 Å². The van der Waals surface area contributed by atoms with Gasteiger partial charge in [0.05, 0.1) is 0 Å². The minimum absolute atomic E-state index is 0.771. The summed E-state index contributed by atoms with van der Waals surface area (Å²) in [7, 11) is 0. The zero-order valence-corrected chi connectivity index (χ0v) is 35.1.